The van der Waals surface area contributed by atoms with Crippen molar-refractivity contribution in [3.05, 3.63) is 5.82 Å². The van der Waals surface area contributed by atoms with Gasteiger partial charge in [0.15, 0.2) is 5.82 Å². The summed E-state index contributed by atoms with van der Waals surface area (Å²) in [6, 6.07) is 0. The van der Waals surface area contributed by atoms with Crippen molar-refractivity contribution in [2.75, 3.05) is 7.05 Å². The summed E-state index contributed by atoms with van der Waals surface area (Å²) in [7, 11) is 1.92. The van der Waals surface area contributed by atoms with E-state index >= 15 is 0 Å². The minimum Gasteiger partial charge on any atom is -0.313 e. The molecule has 0 amide bonds. The molecule has 5 heteroatoms. The van der Waals surface area contributed by atoms with Crippen LogP contribution in [0.25, 0.3) is 0 Å². The van der Waals surface area contributed by atoms with Crippen LogP contribution < -0.4 is 5.32 Å². The Hall–Kier alpha value is -0.970. The minimum atomic E-state index is 0.743. The number of rotatable bonds is 4. The number of aromatic nitrogens is 4. The summed E-state index contributed by atoms with van der Waals surface area (Å²) >= 11 is 0. The lowest BCUT2D eigenvalue weighted by atomic mass is 9.80. The van der Waals surface area contributed by atoms with E-state index in [0.29, 0.717) is 0 Å². The van der Waals surface area contributed by atoms with Crippen LogP contribution in [0.4, 0.5) is 0 Å². The maximum atomic E-state index is 4.08. The van der Waals surface area contributed by atoms with Crippen molar-refractivity contribution in [3.8, 4) is 0 Å². The molecule has 1 aromatic heterocycles. The normalized spacial score (nSPS) is 25.9. The SMILES string of the molecule is CNCc1nnnn1CC1CCCCC1C. The van der Waals surface area contributed by atoms with Gasteiger partial charge in [0.2, 0.25) is 0 Å². The molecule has 0 saturated heterocycles. The zero-order valence-electron chi connectivity index (χ0n) is 10.2. The lowest BCUT2D eigenvalue weighted by molar-refractivity contribution is 0.218. The summed E-state index contributed by atoms with van der Waals surface area (Å²) < 4.78 is 1.96. The second-order valence-corrected chi connectivity index (χ2v) is 4.83. The van der Waals surface area contributed by atoms with Gasteiger partial charge in [-0.2, -0.15) is 0 Å². The van der Waals surface area contributed by atoms with Crippen LogP contribution >= 0.6 is 0 Å². The predicted octanol–water partition coefficient (Wildman–Crippen LogP) is 1.22. The summed E-state index contributed by atoms with van der Waals surface area (Å²) in [5.41, 5.74) is 0. The molecule has 1 fully saturated rings. The molecule has 2 rings (SSSR count). The van der Waals surface area contributed by atoms with Gasteiger partial charge in [-0.05, 0) is 35.7 Å². The molecular formula is C11H21N5. The molecule has 0 aromatic carbocycles. The first-order valence-electron chi connectivity index (χ1n) is 6.21. The van der Waals surface area contributed by atoms with Crippen molar-refractivity contribution in [3.63, 3.8) is 0 Å². The number of tetrazole rings is 1. The number of nitrogens with one attached hydrogen (secondary N) is 1. The first-order valence-corrected chi connectivity index (χ1v) is 6.21. The van der Waals surface area contributed by atoms with Crippen molar-refractivity contribution in [2.45, 2.75) is 45.7 Å². The highest BCUT2D eigenvalue weighted by molar-refractivity contribution is 4.82. The summed E-state index contributed by atoms with van der Waals surface area (Å²) in [6.45, 7) is 4.07. The van der Waals surface area contributed by atoms with E-state index in [9.17, 15) is 0 Å². The highest BCUT2D eigenvalue weighted by Crippen LogP contribution is 2.30. The molecule has 1 saturated carbocycles. The lowest BCUT2D eigenvalue weighted by Crippen LogP contribution is -2.24. The standard InChI is InChI=1S/C11H21N5/c1-9-5-3-4-6-10(9)8-16-11(7-12-2)13-14-15-16/h9-10,12H,3-8H2,1-2H3. The predicted molar refractivity (Wildman–Crippen MR) is 61.7 cm³/mol. The third kappa shape index (κ3) is 2.58. The Morgan fingerprint density at radius 3 is 2.94 bits per heavy atom. The summed E-state index contributed by atoms with van der Waals surface area (Å²) in [4.78, 5) is 0. The van der Waals surface area contributed by atoms with E-state index < -0.39 is 0 Å². The molecule has 5 nitrogen and oxygen atoms in total. The van der Waals surface area contributed by atoms with Crippen LogP contribution in [0.2, 0.25) is 0 Å². The summed E-state index contributed by atoms with van der Waals surface area (Å²) in [5, 5.41) is 15.0. The van der Waals surface area contributed by atoms with Crippen LogP contribution in [0.1, 0.15) is 38.4 Å². The van der Waals surface area contributed by atoms with E-state index in [4.69, 9.17) is 0 Å². The maximum Gasteiger partial charge on any atom is 0.165 e. The Bertz CT molecular complexity index is 322. The number of nitrogens with zero attached hydrogens (tertiary/aromatic N) is 4. The minimum absolute atomic E-state index is 0.743. The molecular weight excluding hydrogens is 202 g/mol. The lowest BCUT2D eigenvalue weighted by Gasteiger charge is -2.28. The summed E-state index contributed by atoms with van der Waals surface area (Å²) in [6.07, 6.45) is 5.42. The second-order valence-electron chi connectivity index (χ2n) is 4.83. The highest BCUT2D eigenvalue weighted by atomic mass is 15.5. The molecule has 1 N–H and O–H groups in total. The highest BCUT2D eigenvalue weighted by Gasteiger charge is 2.22. The van der Waals surface area contributed by atoms with Gasteiger partial charge in [-0.3, -0.25) is 0 Å². The molecule has 1 heterocycles. The Kier molecular flexibility index (Phi) is 3.88. The zero-order chi connectivity index (χ0) is 11.4. The fourth-order valence-electron chi connectivity index (χ4n) is 2.54. The molecule has 0 spiro atoms. The zero-order valence-corrected chi connectivity index (χ0v) is 10.2. The van der Waals surface area contributed by atoms with E-state index in [1.165, 1.54) is 25.7 Å². The number of hydrogen-bond donors (Lipinski definition) is 1. The van der Waals surface area contributed by atoms with E-state index in [0.717, 1.165) is 30.7 Å². The van der Waals surface area contributed by atoms with E-state index in [2.05, 4.69) is 27.8 Å². The molecule has 16 heavy (non-hydrogen) atoms. The molecule has 1 aromatic rings. The monoisotopic (exact) mass is 223 g/mol. The molecule has 1 aliphatic rings. The Morgan fingerprint density at radius 2 is 2.19 bits per heavy atom. The van der Waals surface area contributed by atoms with Crippen molar-refractivity contribution in [1.29, 1.82) is 0 Å². The third-order valence-electron chi connectivity index (χ3n) is 3.64. The van der Waals surface area contributed by atoms with Gasteiger partial charge in [-0.15, -0.1) is 5.10 Å². The molecule has 0 bridgehead atoms. The van der Waals surface area contributed by atoms with Crippen LogP contribution in [0.5, 0.6) is 0 Å². The van der Waals surface area contributed by atoms with Crippen molar-refractivity contribution in [2.24, 2.45) is 11.8 Å². The van der Waals surface area contributed by atoms with E-state index in [-0.39, 0.29) is 0 Å². The van der Waals surface area contributed by atoms with Gasteiger partial charge in [0.1, 0.15) is 0 Å². The average Bonchev–Trinajstić information content (AvgIpc) is 2.70. The van der Waals surface area contributed by atoms with Crippen LogP contribution in [-0.2, 0) is 13.1 Å². The van der Waals surface area contributed by atoms with Crippen molar-refractivity contribution >= 4 is 0 Å². The van der Waals surface area contributed by atoms with E-state index in [1.807, 2.05) is 11.7 Å². The Balaban J connectivity index is 1.99. The molecule has 2 unspecified atom stereocenters. The van der Waals surface area contributed by atoms with Gasteiger partial charge >= 0.3 is 0 Å². The fraction of sp³-hybridized carbons (Fsp3) is 0.909. The molecule has 1 aliphatic carbocycles. The fourth-order valence-corrected chi connectivity index (χ4v) is 2.54. The molecule has 0 aliphatic heterocycles. The van der Waals surface area contributed by atoms with Gasteiger partial charge in [0.05, 0.1) is 6.54 Å². The Labute approximate surface area is 96.6 Å². The first kappa shape index (κ1) is 11.5. The van der Waals surface area contributed by atoms with Crippen LogP contribution in [0, 0.1) is 11.8 Å². The molecule has 2 atom stereocenters. The molecule has 90 valence electrons. The van der Waals surface area contributed by atoms with Gasteiger partial charge in [0.25, 0.3) is 0 Å². The average molecular weight is 223 g/mol. The Morgan fingerprint density at radius 1 is 1.38 bits per heavy atom. The van der Waals surface area contributed by atoms with Gasteiger partial charge < -0.3 is 5.32 Å². The quantitative estimate of drug-likeness (QED) is 0.834. The van der Waals surface area contributed by atoms with Crippen LogP contribution in [-0.4, -0.2) is 27.3 Å². The van der Waals surface area contributed by atoms with Crippen LogP contribution in [0.15, 0.2) is 0 Å². The van der Waals surface area contributed by atoms with Crippen LogP contribution in [0.3, 0.4) is 0 Å². The third-order valence-corrected chi connectivity index (χ3v) is 3.64. The smallest absolute Gasteiger partial charge is 0.165 e. The summed E-state index contributed by atoms with van der Waals surface area (Å²) in [5.74, 6) is 2.49. The molecule has 0 radical (unpaired) electrons. The topological polar surface area (TPSA) is 55.6 Å². The number of hydrogen-bond acceptors (Lipinski definition) is 4. The van der Waals surface area contributed by atoms with Gasteiger partial charge in [0, 0.05) is 6.54 Å². The van der Waals surface area contributed by atoms with Gasteiger partial charge in [-0.1, -0.05) is 26.2 Å². The van der Waals surface area contributed by atoms with Crippen molar-refractivity contribution < 1.29 is 0 Å². The largest absolute Gasteiger partial charge is 0.313 e. The second kappa shape index (κ2) is 5.39. The van der Waals surface area contributed by atoms with Crippen molar-refractivity contribution in [1.82, 2.24) is 25.5 Å². The first-order chi connectivity index (χ1) is 7.81. The maximum absolute atomic E-state index is 4.08. The van der Waals surface area contributed by atoms with E-state index in [1.54, 1.807) is 0 Å². The van der Waals surface area contributed by atoms with Gasteiger partial charge in [-0.25, -0.2) is 4.68 Å².